The summed E-state index contributed by atoms with van der Waals surface area (Å²) >= 11 is 6.06. The number of ether oxygens (including phenoxy) is 2. The van der Waals surface area contributed by atoms with Crippen LogP contribution in [-0.4, -0.2) is 49.1 Å². The van der Waals surface area contributed by atoms with E-state index in [0.717, 1.165) is 24.2 Å². The first kappa shape index (κ1) is 19.6. The van der Waals surface area contributed by atoms with Crippen LogP contribution in [-0.2, 0) is 11.2 Å². The van der Waals surface area contributed by atoms with E-state index >= 15 is 0 Å². The fraction of sp³-hybridized carbons (Fsp3) is 0.364. The zero-order chi connectivity index (χ0) is 20.4. The fourth-order valence-corrected chi connectivity index (χ4v) is 4.16. The fourth-order valence-electron chi connectivity index (χ4n) is 3.98. The van der Waals surface area contributed by atoms with Gasteiger partial charge in [0.05, 0.1) is 19.2 Å². The number of benzene rings is 2. The van der Waals surface area contributed by atoms with E-state index in [1.165, 1.54) is 7.11 Å². The summed E-state index contributed by atoms with van der Waals surface area (Å²) in [5.41, 5.74) is 1.52. The smallest absolute Gasteiger partial charge is 0.258 e. The molecule has 2 atom stereocenters. The maximum Gasteiger partial charge on any atom is 0.258 e. The van der Waals surface area contributed by atoms with Crippen LogP contribution in [0.5, 0.6) is 11.5 Å². The number of nitrogens with zero attached hydrogens (tertiary/aromatic N) is 1. The van der Waals surface area contributed by atoms with Crippen molar-refractivity contribution in [2.75, 3.05) is 20.2 Å². The van der Waals surface area contributed by atoms with E-state index in [9.17, 15) is 9.59 Å². The highest BCUT2D eigenvalue weighted by atomic mass is 35.5. The van der Waals surface area contributed by atoms with Crippen molar-refractivity contribution in [2.24, 2.45) is 0 Å². The number of halogens is 1. The van der Waals surface area contributed by atoms with Crippen molar-refractivity contribution in [3.05, 3.63) is 58.6 Å². The highest BCUT2D eigenvalue weighted by Gasteiger charge is 2.36. The van der Waals surface area contributed by atoms with Crippen LogP contribution in [0.15, 0.2) is 42.5 Å². The second-order valence-corrected chi connectivity index (χ2v) is 7.73. The molecule has 0 spiro atoms. The van der Waals surface area contributed by atoms with Crippen LogP contribution in [0.3, 0.4) is 0 Å². The first-order chi connectivity index (χ1) is 14.1. The molecule has 1 fully saturated rings. The zero-order valence-electron chi connectivity index (χ0n) is 16.2. The number of likely N-dealkylation sites (tertiary alicyclic amines) is 1. The second-order valence-electron chi connectivity index (χ2n) is 7.30. The number of carbonyl (C=O) groups is 2. The summed E-state index contributed by atoms with van der Waals surface area (Å²) in [7, 11) is 1.51. The molecule has 0 aliphatic carbocycles. The molecule has 0 bridgehead atoms. The largest absolute Gasteiger partial charge is 0.496 e. The molecule has 1 N–H and O–H groups in total. The van der Waals surface area contributed by atoms with Gasteiger partial charge < -0.3 is 19.7 Å². The standard InChI is InChI=1S/C22H23ClN2O4/c1-28-20-9-8-15(23)12-17(20)22(27)25-10-4-6-18(25)21(26)24-13-16-11-14-5-2-3-7-19(14)29-16/h2-3,5,7-9,12,16,18H,4,6,10-11,13H2,1H3,(H,24,26). The minimum atomic E-state index is -0.505. The summed E-state index contributed by atoms with van der Waals surface area (Å²) in [6, 6.07) is 12.3. The van der Waals surface area contributed by atoms with Gasteiger partial charge in [-0.05, 0) is 42.7 Å². The molecular formula is C22H23ClN2O4. The summed E-state index contributed by atoms with van der Waals surface area (Å²) in [6.45, 7) is 0.935. The van der Waals surface area contributed by atoms with E-state index in [2.05, 4.69) is 5.32 Å². The van der Waals surface area contributed by atoms with Crippen LogP contribution in [0.2, 0.25) is 5.02 Å². The quantitative estimate of drug-likeness (QED) is 0.816. The summed E-state index contributed by atoms with van der Waals surface area (Å²) < 4.78 is 11.2. The number of methoxy groups -OCH3 is 1. The first-order valence-electron chi connectivity index (χ1n) is 9.73. The molecule has 2 unspecified atom stereocenters. The topological polar surface area (TPSA) is 67.9 Å². The van der Waals surface area contributed by atoms with Gasteiger partial charge in [-0.2, -0.15) is 0 Å². The predicted octanol–water partition coefficient (Wildman–Crippen LogP) is 3.07. The van der Waals surface area contributed by atoms with E-state index in [4.69, 9.17) is 21.1 Å². The van der Waals surface area contributed by atoms with Crippen LogP contribution in [0.25, 0.3) is 0 Å². The third-order valence-electron chi connectivity index (χ3n) is 5.43. The van der Waals surface area contributed by atoms with Gasteiger partial charge in [-0.1, -0.05) is 29.8 Å². The molecule has 2 aliphatic heterocycles. The Balaban J connectivity index is 1.40. The summed E-state index contributed by atoms with van der Waals surface area (Å²) in [5, 5.41) is 3.41. The summed E-state index contributed by atoms with van der Waals surface area (Å²) in [6.07, 6.45) is 2.09. The Morgan fingerprint density at radius 2 is 2.10 bits per heavy atom. The molecule has 2 aromatic carbocycles. The van der Waals surface area contributed by atoms with E-state index in [1.54, 1.807) is 23.1 Å². The Kier molecular flexibility index (Phi) is 5.62. The van der Waals surface area contributed by atoms with Crippen molar-refractivity contribution in [3.8, 4) is 11.5 Å². The van der Waals surface area contributed by atoms with Gasteiger partial charge in [-0.25, -0.2) is 0 Å². The van der Waals surface area contributed by atoms with E-state index in [0.29, 0.717) is 35.8 Å². The van der Waals surface area contributed by atoms with Crippen molar-refractivity contribution in [1.82, 2.24) is 10.2 Å². The third-order valence-corrected chi connectivity index (χ3v) is 5.66. The van der Waals surface area contributed by atoms with Crippen molar-refractivity contribution in [2.45, 2.75) is 31.4 Å². The lowest BCUT2D eigenvalue weighted by molar-refractivity contribution is -0.125. The molecule has 0 radical (unpaired) electrons. The molecular weight excluding hydrogens is 392 g/mol. The first-order valence-corrected chi connectivity index (χ1v) is 10.1. The van der Waals surface area contributed by atoms with Crippen LogP contribution < -0.4 is 14.8 Å². The van der Waals surface area contributed by atoms with Gasteiger partial charge in [-0.3, -0.25) is 9.59 Å². The average Bonchev–Trinajstić information content (AvgIpc) is 3.38. The molecule has 29 heavy (non-hydrogen) atoms. The van der Waals surface area contributed by atoms with E-state index in [1.807, 2.05) is 24.3 Å². The maximum absolute atomic E-state index is 13.1. The molecule has 0 aromatic heterocycles. The number of rotatable bonds is 5. The molecule has 2 aromatic rings. The minimum absolute atomic E-state index is 0.0880. The summed E-state index contributed by atoms with van der Waals surface area (Å²) in [4.78, 5) is 27.5. The van der Waals surface area contributed by atoms with Crippen LogP contribution >= 0.6 is 11.6 Å². The van der Waals surface area contributed by atoms with Gasteiger partial charge in [0.25, 0.3) is 5.91 Å². The molecule has 152 valence electrons. The average molecular weight is 415 g/mol. The molecule has 0 saturated carbocycles. The SMILES string of the molecule is COc1ccc(Cl)cc1C(=O)N1CCCC1C(=O)NCC1Cc2ccccc2O1. The lowest BCUT2D eigenvalue weighted by atomic mass is 10.1. The molecule has 2 aliphatic rings. The number of carbonyl (C=O) groups excluding carboxylic acids is 2. The van der Waals surface area contributed by atoms with Gasteiger partial charge in [0.2, 0.25) is 5.91 Å². The maximum atomic E-state index is 13.1. The Morgan fingerprint density at radius 1 is 1.28 bits per heavy atom. The van der Waals surface area contributed by atoms with Crippen molar-refractivity contribution in [3.63, 3.8) is 0 Å². The summed E-state index contributed by atoms with van der Waals surface area (Å²) in [5.74, 6) is 0.919. The third kappa shape index (κ3) is 4.03. The van der Waals surface area contributed by atoms with Crippen LogP contribution in [0.1, 0.15) is 28.8 Å². The molecule has 4 rings (SSSR count). The number of fused-ring (bicyclic) bond motifs is 1. The van der Waals surface area contributed by atoms with E-state index in [-0.39, 0.29) is 17.9 Å². The van der Waals surface area contributed by atoms with Crippen molar-refractivity contribution in [1.29, 1.82) is 0 Å². The molecule has 2 heterocycles. The number of nitrogens with one attached hydrogen (secondary N) is 1. The molecule has 1 saturated heterocycles. The predicted molar refractivity (Wildman–Crippen MR) is 110 cm³/mol. The Bertz CT molecular complexity index is 908. The Morgan fingerprint density at radius 3 is 2.90 bits per heavy atom. The lowest BCUT2D eigenvalue weighted by Gasteiger charge is -2.25. The van der Waals surface area contributed by atoms with Crippen molar-refractivity contribution >= 4 is 23.4 Å². The monoisotopic (exact) mass is 414 g/mol. The Hall–Kier alpha value is -2.73. The second kappa shape index (κ2) is 8.33. The number of para-hydroxylation sites is 1. The van der Waals surface area contributed by atoms with E-state index < -0.39 is 6.04 Å². The normalized spacial score (nSPS) is 20.1. The highest BCUT2D eigenvalue weighted by molar-refractivity contribution is 6.31. The van der Waals surface area contributed by atoms with Gasteiger partial charge in [0.1, 0.15) is 23.6 Å². The van der Waals surface area contributed by atoms with Crippen molar-refractivity contribution < 1.29 is 19.1 Å². The number of amides is 2. The van der Waals surface area contributed by atoms with Gasteiger partial charge in [0, 0.05) is 18.0 Å². The highest BCUT2D eigenvalue weighted by Crippen LogP contribution is 2.29. The zero-order valence-corrected chi connectivity index (χ0v) is 16.9. The van der Waals surface area contributed by atoms with Gasteiger partial charge in [0.15, 0.2) is 0 Å². The number of hydrogen-bond acceptors (Lipinski definition) is 4. The molecule has 7 heteroatoms. The van der Waals surface area contributed by atoms with Crippen LogP contribution in [0, 0.1) is 0 Å². The molecule has 6 nitrogen and oxygen atoms in total. The molecule has 2 amide bonds. The lowest BCUT2D eigenvalue weighted by Crippen LogP contribution is -2.48. The number of hydrogen-bond donors (Lipinski definition) is 1. The van der Waals surface area contributed by atoms with Gasteiger partial charge in [-0.15, -0.1) is 0 Å². The van der Waals surface area contributed by atoms with Crippen LogP contribution in [0.4, 0.5) is 0 Å². The Labute approximate surface area is 174 Å². The minimum Gasteiger partial charge on any atom is -0.496 e. The van der Waals surface area contributed by atoms with Gasteiger partial charge >= 0.3 is 0 Å².